The summed E-state index contributed by atoms with van der Waals surface area (Å²) in [5, 5.41) is 0. The summed E-state index contributed by atoms with van der Waals surface area (Å²) in [6, 6.07) is 4.62. The van der Waals surface area contributed by atoms with E-state index in [2.05, 4.69) is 49.8 Å². The zero-order chi connectivity index (χ0) is 11.0. The molecule has 2 aromatic heterocycles. The number of aromatic amines is 2. The maximum atomic E-state index is 3.39. The topological polar surface area (TPSA) is 31.6 Å². The second kappa shape index (κ2) is 6.82. The first kappa shape index (κ1) is 17.0. The molecule has 0 fully saturated rings. The second-order valence-electron chi connectivity index (χ2n) is 4.11. The van der Waals surface area contributed by atoms with Gasteiger partial charge in [0.25, 0.3) is 0 Å². The van der Waals surface area contributed by atoms with Crippen molar-refractivity contribution in [2.75, 3.05) is 0 Å². The van der Waals surface area contributed by atoms with Crippen molar-refractivity contribution >= 4 is 6.54 Å². The van der Waals surface area contributed by atoms with Gasteiger partial charge in [0.15, 0.2) is 0 Å². The van der Waals surface area contributed by atoms with Crippen molar-refractivity contribution in [1.82, 2.24) is 9.97 Å². The number of H-pyrrole nitrogens is 2. The summed E-state index contributed by atoms with van der Waals surface area (Å²) in [6.45, 7) is 8.62. The molecule has 2 heterocycles. The molecule has 17 heavy (non-hydrogen) atoms. The minimum atomic E-state index is -0.611. The molecule has 0 bridgehead atoms. The van der Waals surface area contributed by atoms with Crippen LogP contribution in [0.3, 0.4) is 0 Å². The quantitative estimate of drug-likeness (QED) is 0.549. The average Bonchev–Trinajstić information content (AvgIpc) is 2.58. The smallest absolute Gasteiger partial charge is 1.00 e. The normalized spacial score (nSPS) is 9.18. The van der Waals surface area contributed by atoms with Crippen LogP contribution in [0.25, 0.3) is 0 Å². The average molecular weight is 350 g/mol. The monoisotopic (exact) mass is 348 g/mol. The molecule has 0 aliphatic heterocycles. The molecular formula is C12H16Cl2N2Zr. The van der Waals surface area contributed by atoms with E-state index in [-0.39, 0.29) is 24.8 Å². The fraction of sp³-hybridized carbons (Fsp3) is 0.333. The van der Waals surface area contributed by atoms with Gasteiger partial charge in [-0.25, -0.2) is 0 Å². The summed E-state index contributed by atoms with van der Waals surface area (Å²) in [4.78, 5) is 6.77. The number of halogens is 2. The summed E-state index contributed by atoms with van der Waals surface area (Å²) in [6.07, 6.45) is 0. The molecule has 2 nitrogen and oxygen atoms in total. The fourth-order valence-corrected chi connectivity index (χ4v) is 5.21. The van der Waals surface area contributed by atoms with Crippen LogP contribution in [0, 0.1) is 27.7 Å². The number of aromatic nitrogens is 2. The van der Waals surface area contributed by atoms with Crippen molar-refractivity contribution in [2.24, 2.45) is 0 Å². The minimum absolute atomic E-state index is 0. The van der Waals surface area contributed by atoms with Crippen LogP contribution in [0.2, 0.25) is 0 Å². The molecule has 0 unspecified atom stereocenters. The molecule has 92 valence electrons. The Kier molecular flexibility index (Phi) is 6.83. The van der Waals surface area contributed by atoms with Crippen LogP contribution in [-0.4, -0.2) is 9.97 Å². The van der Waals surface area contributed by atoms with Gasteiger partial charge in [0.2, 0.25) is 0 Å². The number of rotatable bonds is 2. The molecule has 0 aromatic carbocycles. The molecule has 0 aliphatic rings. The molecule has 2 aromatic rings. The van der Waals surface area contributed by atoms with Gasteiger partial charge < -0.3 is 24.8 Å². The number of nitrogens with one attached hydrogen (secondary N) is 2. The van der Waals surface area contributed by atoms with Gasteiger partial charge in [-0.3, -0.25) is 0 Å². The molecule has 5 heteroatoms. The van der Waals surface area contributed by atoms with Crippen LogP contribution in [0.1, 0.15) is 22.8 Å². The summed E-state index contributed by atoms with van der Waals surface area (Å²) in [5.41, 5.74) is 5.29. The molecule has 0 radical (unpaired) electrons. The Morgan fingerprint density at radius 2 is 1.12 bits per heavy atom. The Hall–Kier alpha value is 0.0231. The van der Waals surface area contributed by atoms with E-state index >= 15 is 0 Å². The maximum Gasteiger partial charge on any atom is -1.00 e. The summed E-state index contributed by atoms with van der Waals surface area (Å²) in [5.74, 6) is 0. The molecule has 0 amide bonds. The van der Waals surface area contributed by atoms with Crippen molar-refractivity contribution in [3.63, 3.8) is 0 Å². The number of hydrogen-bond acceptors (Lipinski definition) is 0. The van der Waals surface area contributed by atoms with Crippen LogP contribution in [-0.2, 0) is 23.2 Å². The van der Waals surface area contributed by atoms with Gasteiger partial charge in [-0.1, -0.05) is 0 Å². The predicted molar refractivity (Wildman–Crippen MR) is 59.8 cm³/mol. The van der Waals surface area contributed by atoms with Crippen LogP contribution >= 0.6 is 0 Å². The first-order chi connectivity index (χ1) is 7.06. The Bertz CT molecular complexity index is 444. The molecule has 0 aliphatic carbocycles. The maximum absolute atomic E-state index is 3.39. The molecular weight excluding hydrogens is 334 g/mol. The van der Waals surface area contributed by atoms with Gasteiger partial charge in [-0.05, 0) is 0 Å². The first-order valence-electron chi connectivity index (χ1n) is 5.15. The standard InChI is InChI=1S/2C6H8N.2ClH.Zr/c2*1-5-3-4-6(2)7-5;;;/h2*3,7H,1-2H3;2*1H;/q;;;;+2/p-2. The summed E-state index contributed by atoms with van der Waals surface area (Å²) < 4.78 is 3.14. The van der Waals surface area contributed by atoms with Crippen molar-refractivity contribution in [3.8, 4) is 0 Å². The third-order valence-corrected chi connectivity index (χ3v) is 6.45. The van der Waals surface area contributed by atoms with E-state index in [1.807, 2.05) is 0 Å². The minimum Gasteiger partial charge on any atom is -1.00 e. The van der Waals surface area contributed by atoms with Crippen molar-refractivity contribution < 1.29 is 48.0 Å². The second-order valence-corrected chi connectivity index (χ2v) is 7.37. The summed E-state index contributed by atoms with van der Waals surface area (Å²) in [7, 11) is 0. The van der Waals surface area contributed by atoms with E-state index in [0.717, 1.165) is 0 Å². The number of hydrogen-bond donors (Lipinski definition) is 2. The zero-order valence-corrected chi connectivity index (χ0v) is 14.4. The summed E-state index contributed by atoms with van der Waals surface area (Å²) >= 11 is -0.611. The van der Waals surface area contributed by atoms with Crippen LogP contribution < -0.4 is 31.4 Å². The Balaban J connectivity index is 0.00000128. The largest absolute Gasteiger partial charge is 1.00 e. The zero-order valence-electron chi connectivity index (χ0n) is 10.4. The first-order valence-corrected chi connectivity index (χ1v) is 7.61. The Morgan fingerprint density at radius 1 is 0.765 bits per heavy atom. The molecule has 0 saturated carbocycles. The van der Waals surface area contributed by atoms with E-state index < -0.39 is 23.2 Å². The molecule has 0 saturated heterocycles. The van der Waals surface area contributed by atoms with E-state index in [9.17, 15) is 0 Å². The van der Waals surface area contributed by atoms with Gasteiger partial charge in [-0.2, -0.15) is 0 Å². The SMILES string of the molecule is Cc1c[c]([Zr+2][c]2cc(C)[nH]c2C)c(C)[nH]1.[Cl-].[Cl-]. The van der Waals surface area contributed by atoms with Crippen LogP contribution in [0.5, 0.6) is 0 Å². The third kappa shape index (κ3) is 4.01. The van der Waals surface area contributed by atoms with Gasteiger partial charge in [0.1, 0.15) is 0 Å². The van der Waals surface area contributed by atoms with Gasteiger partial charge in [0, 0.05) is 0 Å². The molecule has 0 spiro atoms. The Morgan fingerprint density at radius 3 is 1.35 bits per heavy atom. The molecule has 0 atom stereocenters. The van der Waals surface area contributed by atoms with Gasteiger partial charge in [-0.15, -0.1) is 0 Å². The molecule has 2 rings (SSSR count). The van der Waals surface area contributed by atoms with E-state index in [1.165, 1.54) is 22.8 Å². The van der Waals surface area contributed by atoms with Crippen LogP contribution in [0.15, 0.2) is 12.1 Å². The number of aryl methyl sites for hydroxylation is 4. The van der Waals surface area contributed by atoms with E-state index in [0.29, 0.717) is 0 Å². The predicted octanol–water partition coefficient (Wildman–Crippen LogP) is -4.38. The van der Waals surface area contributed by atoms with Gasteiger partial charge >= 0.3 is 102 Å². The third-order valence-electron chi connectivity index (χ3n) is 2.57. The van der Waals surface area contributed by atoms with Gasteiger partial charge in [0.05, 0.1) is 0 Å². The van der Waals surface area contributed by atoms with Crippen molar-refractivity contribution in [1.29, 1.82) is 0 Å². The van der Waals surface area contributed by atoms with Crippen LogP contribution in [0.4, 0.5) is 0 Å². The van der Waals surface area contributed by atoms with Crippen molar-refractivity contribution in [2.45, 2.75) is 27.7 Å². The molecule has 2 N–H and O–H groups in total. The Labute approximate surface area is 126 Å². The van der Waals surface area contributed by atoms with Crippen molar-refractivity contribution in [3.05, 3.63) is 34.9 Å². The van der Waals surface area contributed by atoms with E-state index in [4.69, 9.17) is 0 Å². The fourth-order valence-electron chi connectivity index (χ4n) is 1.85. The van der Waals surface area contributed by atoms with E-state index in [1.54, 1.807) is 6.54 Å².